The van der Waals surface area contributed by atoms with E-state index in [2.05, 4.69) is 27.1 Å². The van der Waals surface area contributed by atoms with Gasteiger partial charge in [-0.25, -0.2) is 4.98 Å². The minimum Gasteiger partial charge on any atom is -0.344 e. The first-order valence-corrected chi connectivity index (χ1v) is 3.55. The number of nitrogens with one attached hydrogen (secondary N) is 2. The maximum atomic E-state index is 11.1. The lowest BCUT2D eigenvalue weighted by molar-refractivity contribution is 0.0947. The number of rotatable bonds is 3. The zero-order chi connectivity index (χ0) is 8.97. The second kappa shape index (κ2) is 3.87. The SMILES string of the molecule is C=C(Cl)CNC(=O)c1ncn[nH]1. The first kappa shape index (κ1) is 8.73. The summed E-state index contributed by atoms with van der Waals surface area (Å²) in [4.78, 5) is 14.7. The van der Waals surface area contributed by atoms with Crippen molar-refractivity contribution in [3.63, 3.8) is 0 Å². The fraction of sp³-hybridized carbons (Fsp3) is 0.167. The molecule has 0 radical (unpaired) electrons. The fourth-order valence-corrected chi connectivity index (χ4v) is 0.642. The Hall–Kier alpha value is -1.36. The van der Waals surface area contributed by atoms with Crippen molar-refractivity contribution in [2.45, 2.75) is 0 Å². The fourth-order valence-electron chi connectivity index (χ4n) is 0.575. The molecular weight excluding hydrogens is 180 g/mol. The van der Waals surface area contributed by atoms with E-state index < -0.39 is 0 Å². The lowest BCUT2D eigenvalue weighted by atomic mass is 10.5. The largest absolute Gasteiger partial charge is 0.344 e. The lowest BCUT2D eigenvalue weighted by Gasteiger charge is -1.98. The Labute approximate surface area is 73.8 Å². The quantitative estimate of drug-likeness (QED) is 0.713. The van der Waals surface area contributed by atoms with Crippen molar-refractivity contribution in [2.75, 3.05) is 6.54 Å². The lowest BCUT2D eigenvalue weighted by Crippen LogP contribution is -2.25. The second-order valence-corrected chi connectivity index (χ2v) is 2.57. The molecule has 0 spiro atoms. The molecule has 12 heavy (non-hydrogen) atoms. The monoisotopic (exact) mass is 186 g/mol. The Morgan fingerprint density at radius 1 is 1.83 bits per heavy atom. The van der Waals surface area contributed by atoms with Crippen LogP contribution >= 0.6 is 11.6 Å². The highest BCUT2D eigenvalue weighted by atomic mass is 35.5. The molecular formula is C6H7ClN4O. The van der Waals surface area contributed by atoms with Gasteiger partial charge in [0, 0.05) is 5.03 Å². The van der Waals surface area contributed by atoms with Crippen LogP contribution in [-0.4, -0.2) is 27.6 Å². The van der Waals surface area contributed by atoms with E-state index in [0.717, 1.165) is 0 Å². The van der Waals surface area contributed by atoms with Gasteiger partial charge in [0.1, 0.15) is 6.33 Å². The molecule has 1 heterocycles. The third-order valence-electron chi connectivity index (χ3n) is 1.07. The van der Waals surface area contributed by atoms with Crippen LogP contribution in [0.2, 0.25) is 0 Å². The van der Waals surface area contributed by atoms with Crippen molar-refractivity contribution in [1.82, 2.24) is 20.5 Å². The first-order valence-electron chi connectivity index (χ1n) is 3.17. The minimum atomic E-state index is -0.352. The van der Waals surface area contributed by atoms with Crippen LogP contribution < -0.4 is 5.32 Å². The summed E-state index contributed by atoms with van der Waals surface area (Å²) < 4.78 is 0. The molecule has 1 amide bonds. The minimum absolute atomic E-state index is 0.160. The van der Waals surface area contributed by atoms with Gasteiger partial charge in [0.15, 0.2) is 0 Å². The van der Waals surface area contributed by atoms with Crippen LogP contribution in [0.4, 0.5) is 0 Å². The van der Waals surface area contributed by atoms with Crippen molar-refractivity contribution in [1.29, 1.82) is 0 Å². The van der Waals surface area contributed by atoms with Crippen molar-refractivity contribution in [2.24, 2.45) is 0 Å². The third kappa shape index (κ3) is 2.35. The number of aromatic amines is 1. The predicted octanol–water partition coefficient (Wildman–Crippen LogP) is 0.287. The summed E-state index contributed by atoms with van der Waals surface area (Å²) in [6.45, 7) is 3.64. The van der Waals surface area contributed by atoms with E-state index in [9.17, 15) is 4.79 Å². The number of hydrogen-bond acceptors (Lipinski definition) is 3. The first-order chi connectivity index (χ1) is 5.70. The van der Waals surface area contributed by atoms with Gasteiger partial charge in [0.25, 0.3) is 5.91 Å². The van der Waals surface area contributed by atoms with E-state index >= 15 is 0 Å². The van der Waals surface area contributed by atoms with Crippen molar-refractivity contribution in [3.8, 4) is 0 Å². The van der Waals surface area contributed by atoms with Gasteiger partial charge >= 0.3 is 0 Å². The number of aromatic nitrogens is 3. The zero-order valence-electron chi connectivity index (χ0n) is 6.17. The van der Waals surface area contributed by atoms with Gasteiger partial charge in [0.2, 0.25) is 5.82 Å². The molecule has 64 valence electrons. The number of carbonyl (C=O) groups excluding carboxylic acids is 1. The normalized spacial score (nSPS) is 9.42. The predicted molar refractivity (Wildman–Crippen MR) is 43.7 cm³/mol. The zero-order valence-corrected chi connectivity index (χ0v) is 6.93. The molecule has 0 aliphatic carbocycles. The summed E-state index contributed by atoms with van der Waals surface area (Å²) in [6.07, 6.45) is 1.25. The molecule has 6 heteroatoms. The molecule has 1 rings (SSSR count). The maximum absolute atomic E-state index is 11.1. The highest BCUT2D eigenvalue weighted by Gasteiger charge is 2.06. The van der Waals surface area contributed by atoms with Gasteiger partial charge in [-0.15, -0.1) is 0 Å². The molecule has 0 bridgehead atoms. The Kier molecular flexibility index (Phi) is 2.82. The number of carbonyl (C=O) groups is 1. The molecule has 0 saturated carbocycles. The van der Waals surface area contributed by atoms with E-state index in [1.807, 2.05) is 0 Å². The van der Waals surface area contributed by atoms with Gasteiger partial charge in [0.05, 0.1) is 6.54 Å². The van der Waals surface area contributed by atoms with Crippen molar-refractivity contribution in [3.05, 3.63) is 23.8 Å². The van der Waals surface area contributed by atoms with E-state index in [1.165, 1.54) is 6.33 Å². The standard InChI is InChI=1S/C6H7ClN4O/c1-4(7)2-8-6(12)5-9-3-10-11-5/h3H,1-2H2,(H,8,12)(H,9,10,11). The Morgan fingerprint density at radius 3 is 3.08 bits per heavy atom. The summed E-state index contributed by atoms with van der Waals surface area (Å²) in [6, 6.07) is 0. The second-order valence-electron chi connectivity index (χ2n) is 2.03. The van der Waals surface area contributed by atoms with Gasteiger partial charge in [-0.3, -0.25) is 9.89 Å². The molecule has 0 unspecified atom stereocenters. The molecule has 1 aromatic heterocycles. The van der Waals surface area contributed by atoms with Crippen LogP contribution in [0, 0.1) is 0 Å². The smallest absolute Gasteiger partial charge is 0.288 e. The average Bonchev–Trinajstić information content (AvgIpc) is 2.51. The number of amides is 1. The van der Waals surface area contributed by atoms with Crippen LogP contribution in [0.5, 0.6) is 0 Å². The average molecular weight is 187 g/mol. The summed E-state index contributed by atoms with van der Waals surface area (Å²) in [5.41, 5.74) is 0. The van der Waals surface area contributed by atoms with Gasteiger partial charge in [-0.2, -0.15) is 5.10 Å². The Balaban J connectivity index is 2.45. The highest BCUT2D eigenvalue weighted by molar-refractivity contribution is 6.29. The molecule has 5 nitrogen and oxygen atoms in total. The molecule has 0 saturated heterocycles. The molecule has 0 aromatic carbocycles. The van der Waals surface area contributed by atoms with Crippen LogP contribution in [0.3, 0.4) is 0 Å². The summed E-state index contributed by atoms with van der Waals surface area (Å²) in [5.74, 6) is -0.192. The molecule has 0 fully saturated rings. The van der Waals surface area contributed by atoms with E-state index in [4.69, 9.17) is 11.6 Å². The van der Waals surface area contributed by atoms with E-state index in [-0.39, 0.29) is 18.3 Å². The van der Waals surface area contributed by atoms with Crippen molar-refractivity contribution >= 4 is 17.5 Å². The Bertz CT molecular complexity index is 282. The molecule has 1 aromatic rings. The topological polar surface area (TPSA) is 70.7 Å². The molecule has 2 N–H and O–H groups in total. The molecule has 0 aliphatic rings. The van der Waals surface area contributed by atoms with Crippen LogP contribution in [0.1, 0.15) is 10.6 Å². The van der Waals surface area contributed by atoms with Gasteiger partial charge in [-0.1, -0.05) is 18.2 Å². The van der Waals surface area contributed by atoms with Gasteiger partial charge in [-0.05, 0) is 0 Å². The number of hydrogen-bond donors (Lipinski definition) is 2. The highest BCUT2D eigenvalue weighted by Crippen LogP contribution is 1.93. The third-order valence-corrected chi connectivity index (χ3v) is 1.20. The van der Waals surface area contributed by atoms with Crippen LogP contribution in [0.25, 0.3) is 0 Å². The summed E-state index contributed by atoms with van der Waals surface area (Å²) >= 11 is 5.43. The summed E-state index contributed by atoms with van der Waals surface area (Å²) in [5, 5.41) is 8.78. The maximum Gasteiger partial charge on any atom is 0.288 e. The van der Waals surface area contributed by atoms with E-state index in [0.29, 0.717) is 5.03 Å². The Morgan fingerprint density at radius 2 is 2.58 bits per heavy atom. The number of H-pyrrole nitrogens is 1. The molecule has 0 atom stereocenters. The van der Waals surface area contributed by atoms with Gasteiger partial charge < -0.3 is 5.32 Å². The van der Waals surface area contributed by atoms with Crippen molar-refractivity contribution < 1.29 is 4.79 Å². The van der Waals surface area contributed by atoms with Crippen LogP contribution in [-0.2, 0) is 0 Å². The number of nitrogens with zero attached hydrogens (tertiary/aromatic N) is 2. The van der Waals surface area contributed by atoms with E-state index in [1.54, 1.807) is 0 Å². The summed E-state index contributed by atoms with van der Waals surface area (Å²) in [7, 11) is 0. The number of halogens is 1. The van der Waals surface area contributed by atoms with Crippen LogP contribution in [0.15, 0.2) is 17.9 Å². The molecule has 0 aliphatic heterocycles.